The molecule has 4 heteroatoms. The van der Waals surface area contributed by atoms with Crippen LogP contribution in [-0.2, 0) is 6.42 Å². The van der Waals surface area contributed by atoms with Crippen molar-refractivity contribution < 1.29 is 0 Å². The highest BCUT2D eigenvalue weighted by atomic mass is 15.1. The van der Waals surface area contributed by atoms with E-state index in [4.69, 9.17) is 5.73 Å². The summed E-state index contributed by atoms with van der Waals surface area (Å²) >= 11 is 0. The molecular weight excluding hydrogens is 212 g/mol. The Bertz CT molecular complexity index is 338. The van der Waals surface area contributed by atoms with Gasteiger partial charge in [-0.1, -0.05) is 26.7 Å². The Kier molecular flexibility index (Phi) is 5.91. The summed E-state index contributed by atoms with van der Waals surface area (Å²) in [7, 11) is 0. The zero-order valence-electron chi connectivity index (χ0n) is 11.2. The van der Waals surface area contributed by atoms with Gasteiger partial charge < -0.3 is 11.1 Å². The van der Waals surface area contributed by atoms with Gasteiger partial charge in [0, 0.05) is 24.3 Å². The number of nitrogens with one attached hydrogen (secondary N) is 1. The number of unbranched alkanes of at least 4 members (excludes halogenated alkanes) is 1. The van der Waals surface area contributed by atoms with E-state index in [9.17, 15) is 0 Å². The number of aromatic nitrogens is 2. The molecule has 17 heavy (non-hydrogen) atoms. The average molecular weight is 236 g/mol. The van der Waals surface area contributed by atoms with Gasteiger partial charge in [0.15, 0.2) is 0 Å². The van der Waals surface area contributed by atoms with E-state index in [1.807, 2.05) is 13.0 Å². The number of anilines is 1. The second-order valence-electron chi connectivity index (χ2n) is 4.36. The van der Waals surface area contributed by atoms with Crippen LogP contribution in [0.5, 0.6) is 0 Å². The van der Waals surface area contributed by atoms with Crippen LogP contribution in [-0.4, -0.2) is 22.6 Å². The highest BCUT2D eigenvalue weighted by molar-refractivity contribution is 5.37. The Morgan fingerprint density at radius 3 is 2.71 bits per heavy atom. The SMILES string of the molecule is CCCCC(CN)Nc1cc(CC)nc(C)n1. The fourth-order valence-electron chi connectivity index (χ4n) is 1.79. The minimum atomic E-state index is 0.314. The largest absolute Gasteiger partial charge is 0.366 e. The molecule has 0 radical (unpaired) electrons. The fraction of sp³-hybridized carbons (Fsp3) is 0.692. The van der Waals surface area contributed by atoms with E-state index in [-0.39, 0.29) is 0 Å². The van der Waals surface area contributed by atoms with Crippen molar-refractivity contribution in [3.63, 3.8) is 0 Å². The number of hydrogen-bond donors (Lipinski definition) is 2. The minimum absolute atomic E-state index is 0.314. The lowest BCUT2D eigenvalue weighted by atomic mass is 10.1. The van der Waals surface area contributed by atoms with Gasteiger partial charge in [0.1, 0.15) is 11.6 Å². The highest BCUT2D eigenvalue weighted by Crippen LogP contribution is 2.11. The van der Waals surface area contributed by atoms with Crippen LogP contribution in [0.3, 0.4) is 0 Å². The van der Waals surface area contributed by atoms with Crippen LogP contribution >= 0.6 is 0 Å². The van der Waals surface area contributed by atoms with Crippen molar-refractivity contribution in [1.82, 2.24) is 9.97 Å². The van der Waals surface area contributed by atoms with Crippen molar-refractivity contribution in [1.29, 1.82) is 0 Å². The van der Waals surface area contributed by atoms with Gasteiger partial charge in [-0.15, -0.1) is 0 Å². The first-order valence-electron chi connectivity index (χ1n) is 6.50. The molecule has 3 N–H and O–H groups in total. The normalized spacial score (nSPS) is 12.5. The molecule has 0 aliphatic rings. The van der Waals surface area contributed by atoms with Gasteiger partial charge in [-0.3, -0.25) is 0 Å². The van der Waals surface area contributed by atoms with Crippen LogP contribution in [0, 0.1) is 6.92 Å². The second kappa shape index (κ2) is 7.22. The smallest absolute Gasteiger partial charge is 0.130 e. The van der Waals surface area contributed by atoms with Crippen LogP contribution in [0.25, 0.3) is 0 Å². The van der Waals surface area contributed by atoms with Crippen molar-refractivity contribution in [3.05, 3.63) is 17.6 Å². The predicted octanol–water partition coefficient (Wildman–Crippen LogP) is 2.28. The van der Waals surface area contributed by atoms with Crippen LogP contribution in [0.15, 0.2) is 6.07 Å². The molecular formula is C13H24N4. The molecule has 1 aromatic heterocycles. The predicted molar refractivity (Wildman–Crippen MR) is 72.1 cm³/mol. The summed E-state index contributed by atoms with van der Waals surface area (Å²) in [6.07, 6.45) is 4.42. The minimum Gasteiger partial charge on any atom is -0.366 e. The number of nitrogens with two attached hydrogens (primary N) is 1. The fourth-order valence-corrected chi connectivity index (χ4v) is 1.79. The molecule has 0 bridgehead atoms. The van der Waals surface area contributed by atoms with Crippen molar-refractivity contribution in [3.8, 4) is 0 Å². The number of nitrogens with zero attached hydrogens (tertiary/aromatic N) is 2. The molecule has 0 aliphatic carbocycles. The molecule has 0 saturated carbocycles. The molecule has 96 valence electrons. The number of aryl methyl sites for hydroxylation is 2. The molecule has 0 saturated heterocycles. The number of rotatable bonds is 7. The molecule has 0 fully saturated rings. The van der Waals surface area contributed by atoms with E-state index in [0.717, 1.165) is 30.2 Å². The third-order valence-electron chi connectivity index (χ3n) is 2.80. The van der Waals surface area contributed by atoms with E-state index in [2.05, 4.69) is 29.1 Å². The third kappa shape index (κ3) is 4.69. The van der Waals surface area contributed by atoms with Gasteiger partial charge in [0.2, 0.25) is 0 Å². The van der Waals surface area contributed by atoms with Crippen molar-refractivity contribution >= 4 is 5.82 Å². The summed E-state index contributed by atoms with van der Waals surface area (Å²) in [4.78, 5) is 8.77. The molecule has 4 nitrogen and oxygen atoms in total. The molecule has 0 amide bonds. The maximum absolute atomic E-state index is 5.76. The molecule has 0 aromatic carbocycles. The lowest BCUT2D eigenvalue weighted by Gasteiger charge is -2.17. The molecule has 0 aliphatic heterocycles. The van der Waals surface area contributed by atoms with Gasteiger partial charge in [-0.25, -0.2) is 9.97 Å². The van der Waals surface area contributed by atoms with Gasteiger partial charge in [0.05, 0.1) is 0 Å². The van der Waals surface area contributed by atoms with Crippen LogP contribution in [0.2, 0.25) is 0 Å². The first kappa shape index (κ1) is 13.9. The van der Waals surface area contributed by atoms with Gasteiger partial charge >= 0.3 is 0 Å². The van der Waals surface area contributed by atoms with E-state index in [1.54, 1.807) is 0 Å². The summed E-state index contributed by atoms with van der Waals surface area (Å²) in [6.45, 7) is 6.86. The maximum atomic E-state index is 5.76. The molecule has 1 heterocycles. The standard InChI is InChI=1S/C13H24N4/c1-4-6-7-12(9-14)17-13-8-11(5-2)15-10(3)16-13/h8,12H,4-7,9,14H2,1-3H3,(H,15,16,17). The Morgan fingerprint density at radius 2 is 2.12 bits per heavy atom. The van der Waals surface area contributed by atoms with E-state index >= 15 is 0 Å². The molecule has 1 unspecified atom stereocenters. The van der Waals surface area contributed by atoms with Crippen LogP contribution < -0.4 is 11.1 Å². The molecule has 1 aromatic rings. The summed E-state index contributed by atoms with van der Waals surface area (Å²) in [6, 6.07) is 2.33. The monoisotopic (exact) mass is 236 g/mol. The van der Waals surface area contributed by atoms with Crippen molar-refractivity contribution in [2.24, 2.45) is 5.73 Å². The number of hydrogen-bond acceptors (Lipinski definition) is 4. The summed E-state index contributed by atoms with van der Waals surface area (Å²) in [5.74, 6) is 1.72. The maximum Gasteiger partial charge on any atom is 0.130 e. The Balaban J connectivity index is 2.68. The lowest BCUT2D eigenvalue weighted by molar-refractivity contribution is 0.611. The molecule has 0 spiro atoms. The van der Waals surface area contributed by atoms with Gasteiger partial charge in [-0.05, 0) is 19.8 Å². The zero-order valence-corrected chi connectivity index (χ0v) is 11.2. The van der Waals surface area contributed by atoms with Gasteiger partial charge in [0.25, 0.3) is 0 Å². The van der Waals surface area contributed by atoms with E-state index < -0.39 is 0 Å². The lowest BCUT2D eigenvalue weighted by Crippen LogP contribution is -2.29. The zero-order chi connectivity index (χ0) is 12.7. The topological polar surface area (TPSA) is 63.8 Å². The van der Waals surface area contributed by atoms with E-state index in [1.165, 1.54) is 12.8 Å². The second-order valence-corrected chi connectivity index (χ2v) is 4.36. The highest BCUT2D eigenvalue weighted by Gasteiger charge is 2.08. The van der Waals surface area contributed by atoms with E-state index in [0.29, 0.717) is 12.6 Å². The van der Waals surface area contributed by atoms with Crippen molar-refractivity contribution in [2.75, 3.05) is 11.9 Å². The summed E-state index contributed by atoms with van der Waals surface area (Å²) in [5, 5.41) is 3.40. The average Bonchev–Trinajstić information content (AvgIpc) is 2.33. The van der Waals surface area contributed by atoms with Crippen molar-refractivity contribution in [2.45, 2.75) is 52.5 Å². The Labute approximate surface area is 104 Å². The van der Waals surface area contributed by atoms with Crippen LogP contribution in [0.4, 0.5) is 5.82 Å². The summed E-state index contributed by atoms with van der Waals surface area (Å²) in [5.41, 5.74) is 6.84. The first-order chi connectivity index (χ1) is 8.19. The van der Waals surface area contributed by atoms with Crippen LogP contribution in [0.1, 0.15) is 44.6 Å². The third-order valence-corrected chi connectivity index (χ3v) is 2.80. The summed E-state index contributed by atoms with van der Waals surface area (Å²) < 4.78 is 0. The first-order valence-corrected chi connectivity index (χ1v) is 6.50. The quantitative estimate of drug-likeness (QED) is 0.762. The molecule has 1 atom stereocenters. The Morgan fingerprint density at radius 1 is 1.35 bits per heavy atom. The Hall–Kier alpha value is -1.16. The molecule has 1 rings (SSSR count). The van der Waals surface area contributed by atoms with Gasteiger partial charge in [-0.2, -0.15) is 0 Å².